The summed E-state index contributed by atoms with van der Waals surface area (Å²) in [6.07, 6.45) is 0. The van der Waals surface area contributed by atoms with Gasteiger partial charge in [0.2, 0.25) is 0 Å². The molecule has 0 unspecified atom stereocenters. The predicted octanol–water partition coefficient (Wildman–Crippen LogP) is 4.30. The summed E-state index contributed by atoms with van der Waals surface area (Å²) in [4.78, 5) is 10.2. The maximum Gasteiger partial charge on any atom is 0.273 e. The highest BCUT2D eigenvalue weighted by Gasteiger charge is 2.12. The first-order valence-electron chi connectivity index (χ1n) is 5.52. The van der Waals surface area contributed by atoms with E-state index in [2.05, 4.69) is 15.9 Å². The molecular formula is C13H9BrClNO4. The van der Waals surface area contributed by atoms with Gasteiger partial charge in [-0.1, -0.05) is 17.7 Å². The third-order valence-electron chi connectivity index (χ3n) is 2.52. The second-order valence-corrected chi connectivity index (χ2v) is 5.16. The summed E-state index contributed by atoms with van der Waals surface area (Å²) in [5, 5.41) is 20.1. The van der Waals surface area contributed by atoms with Crippen LogP contribution in [-0.2, 0) is 6.61 Å². The Labute approximate surface area is 128 Å². The molecule has 0 saturated heterocycles. The molecule has 7 heteroatoms. The van der Waals surface area contributed by atoms with Crippen molar-refractivity contribution in [1.29, 1.82) is 0 Å². The Hall–Kier alpha value is -1.63. The van der Waals surface area contributed by atoms with Crippen molar-refractivity contribution in [2.75, 3.05) is 0 Å². The van der Waals surface area contributed by atoms with Crippen molar-refractivity contribution in [2.45, 2.75) is 6.61 Å². The zero-order chi connectivity index (χ0) is 14.7. The van der Waals surface area contributed by atoms with Gasteiger partial charge in [0.25, 0.3) is 5.69 Å². The third kappa shape index (κ3) is 3.27. The standard InChI is InChI=1S/C13H9BrClNO4/c14-10-3-2-9(16(18)19)6-13(10)20-12-4-1-8(7-17)5-11(12)15/h1-6,17H,7H2. The van der Waals surface area contributed by atoms with Crippen LogP contribution >= 0.6 is 27.5 Å². The molecule has 0 spiro atoms. The Morgan fingerprint density at radius 3 is 2.60 bits per heavy atom. The smallest absolute Gasteiger partial charge is 0.273 e. The Kier molecular flexibility index (Phi) is 4.59. The molecule has 0 amide bonds. The first kappa shape index (κ1) is 14.8. The summed E-state index contributed by atoms with van der Waals surface area (Å²) < 4.78 is 6.14. The number of aliphatic hydroxyl groups is 1. The molecule has 0 radical (unpaired) electrons. The van der Waals surface area contributed by atoms with Crippen LogP contribution in [0.1, 0.15) is 5.56 Å². The summed E-state index contributed by atoms with van der Waals surface area (Å²) in [6, 6.07) is 9.03. The van der Waals surface area contributed by atoms with Crippen LogP contribution in [0, 0.1) is 10.1 Å². The monoisotopic (exact) mass is 357 g/mol. The Morgan fingerprint density at radius 1 is 1.25 bits per heavy atom. The zero-order valence-electron chi connectivity index (χ0n) is 10.0. The van der Waals surface area contributed by atoms with Crippen molar-refractivity contribution in [3.63, 3.8) is 0 Å². The Balaban J connectivity index is 2.34. The first-order valence-corrected chi connectivity index (χ1v) is 6.69. The quantitative estimate of drug-likeness (QED) is 0.653. The van der Waals surface area contributed by atoms with Gasteiger partial charge in [-0.3, -0.25) is 10.1 Å². The molecule has 0 heterocycles. The molecule has 2 rings (SSSR count). The van der Waals surface area contributed by atoms with E-state index in [4.69, 9.17) is 21.4 Å². The van der Waals surface area contributed by atoms with Crippen LogP contribution in [0.4, 0.5) is 5.69 Å². The van der Waals surface area contributed by atoms with Crippen molar-refractivity contribution < 1.29 is 14.8 Å². The SMILES string of the molecule is O=[N+]([O-])c1ccc(Br)c(Oc2ccc(CO)cc2Cl)c1. The van der Waals surface area contributed by atoms with Crippen LogP contribution < -0.4 is 4.74 Å². The van der Waals surface area contributed by atoms with Gasteiger partial charge in [-0.05, 0) is 39.7 Å². The maximum atomic E-state index is 10.7. The molecular weight excluding hydrogens is 350 g/mol. The predicted molar refractivity (Wildman–Crippen MR) is 78.2 cm³/mol. The lowest BCUT2D eigenvalue weighted by molar-refractivity contribution is -0.384. The van der Waals surface area contributed by atoms with E-state index >= 15 is 0 Å². The van der Waals surface area contributed by atoms with E-state index in [0.717, 1.165) is 0 Å². The molecule has 1 N–H and O–H groups in total. The molecule has 20 heavy (non-hydrogen) atoms. The van der Waals surface area contributed by atoms with Gasteiger partial charge in [0.05, 0.1) is 27.1 Å². The number of non-ortho nitro benzene ring substituents is 1. The van der Waals surface area contributed by atoms with E-state index < -0.39 is 4.92 Å². The minimum Gasteiger partial charge on any atom is -0.454 e. The molecule has 5 nitrogen and oxygen atoms in total. The average Bonchev–Trinajstić information content (AvgIpc) is 2.42. The third-order valence-corrected chi connectivity index (χ3v) is 3.47. The number of ether oxygens (including phenoxy) is 1. The zero-order valence-corrected chi connectivity index (χ0v) is 12.4. The van der Waals surface area contributed by atoms with Crippen molar-refractivity contribution in [3.8, 4) is 11.5 Å². The molecule has 0 atom stereocenters. The number of aliphatic hydroxyl groups excluding tert-OH is 1. The van der Waals surface area contributed by atoms with E-state index in [9.17, 15) is 10.1 Å². The van der Waals surface area contributed by atoms with Gasteiger partial charge in [-0.15, -0.1) is 0 Å². The normalized spacial score (nSPS) is 10.3. The number of benzene rings is 2. The van der Waals surface area contributed by atoms with Crippen LogP contribution in [-0.4, -0.2) is 10.0 Å². The fourth-order valence-electron chi connectivity index (χ4n) is 1.53. The Morgan fingerprint density at radius 2 is 2.00 bits per heavy atom. The van der Waals surface area contributed by atoms with Gasteiger partial charge in [0.1, 0.15) is 11.5 Å². The fourth-order valence-corrected chi connectivity index (χ4v) is 2.10. The summed E-state index contributed by atoms with van der Waals surface area (Å²) in [5.41, 5.74) is 0.576. The van der Waals surface area contributed by atoms with Gasteiger partial charge in [-0.2, -0.15) is 0 Å². The summed E-state index contributed by atoms with van der Waals surface area (Å²) in [5.74, 6) is 0.642. The lowest BCUT2D eigenvalue weighted by atomic mass is 10.2. The first-order chi connectivity index (χ1) is 9.51. The molecule has 0 bridgehead atoms. The number of nitro benzene ring substituents is 1. The highest BCUT2D eigenvalue weighted by Crippen LogP contribution is 2.36. The van der Waals surface area contributed by atoms with Crippen molar-refractivity contribution >= 4 is 33.2 Å². The molecule has 0 saturated carbocycles. The van der Waals surface area contributed by atoms with Gasteiger partial charge in [-0.25, -0.2) is 0 Å². The summed E-state index contributed by atoms with van der Waals surface area (Å²) in [7, 11) is 0. The van der Waals surface area contributed by atoms with Gasteiger partial charge in [0, 0.05) is 6.07 Å². The van der Waals surface area contributed by atoms with E-state index in [-0.39, 0.29) is 18.0 Å². The lowest BCUT2D eigenvalue weighted by Gasteiger charge is -2.10. The van der Waals surface area contributed by atoms with E-state index in [1.54, 1.807) is 18.2 Å². The number of halogens is 2. The van der Waals surface area contributed by atoms with Gasteiger partial charge >= 0.3 is 0 Å². The minimum absolute atomic E-state index is 0.0775. The number of hydrogen-bond donors (Lipinski definition) is 1. The fraction of sp³-hybridized carbons (Fsp3) is 0.0769. The van der Waals surface area contributed by atoms with Crippen molar-refractivity contribution in [1.82, 2.24) is 0 Å². The van der Waals surface area contributed by atoms with Gasteiger partial charge < -0.3 is 9.84 Å². The molecule has 0 aliphatic carbocycles. The minimum atomic E-state index is -0.504. The van der Waals surface area contributed by atoms with E-state index in [1.807, 2.05) is 0 Å². The molecule has 2 aromatic rings. The van der Waals surface area contributed by atoms with Gasteiger partial charge in [0.15, 0.2) is 0 Å². The number of hydrogen-bond acceptors (Lipinski definition) is 4. The number of nitrogens with zero attached hydrogens (tertiary/aromatic N) is 1. The second-order valence-electron chi connectivity index (χ2n) is 3.90. The van der Waals surface area contributed by atoms with E-state index in [0.29, 0.717) is 20.8 Å². The summed E-state index contributed by atoms with van der Waals surface area (Å²) >= 11 is 9.29. The highest BCUT2D eigenvalue weighted by atomic mass is 79.9. The van der Waals surface area contributed by atoms with Crippen LogP contribution in [0.25, 0.3) is 0 Å². The second kappa shape index (κ2) is 6.21. The van der Waals surface area contributed by atoms with Crippen LogP contribution in [0.3, 0.4) is 0 Å². The van der Waals surface area contributed by atoms with E-state index in [1.165, 1.54) is 18.2 Å². The number of nitro groups is 1. The topological polar surface area (TPSA) is 72.6 Å². The van der Waals surface area contributed by atoms with Crippen LogP contribution in [0.15, 0.2) is 40.9 Å². The largest absolute Gasteiger partial charge is 0.454 e. The highest BCUT2D eigenvalue weighted by molar-refractivity contribution is 9.10. The maximum absolute atomic E-state index is 10.7. The van der Waals surface area contributed by atoms with Crippen molar-refractivity contribution in [2.24, 2.45) is 0 Å². The summed E-state index contributed by atoms with van der Waals surface area (Å²) in [6.45, 7) is -0.125. The molecule has 0 aliphatic rings. The van der Waals surface area contributed by atoms with Crippen LogP contribution in [0.5, 0.6) is 11.5 Å². The lowest BCUT2D eigenvalue weighted by Crippen LogP contribution is -1.92. The van der Waals surface area contributed by atoms with Crippen LogP contribution in [0.2, 0.25) is 5.02 Å². The van der Waals surface area contributed by atoms with Crippen molar-refractivity contribution in [3.05, 3.63) is 61.6 Å². The molecule has 0 aliphatic heterocycles. The number of rotatable bonds is 4. The molecule has 0 fully saturated rings. The molecule has 2 aromatic carbocycles. The average molecular weight is 359 g/mol. The Bertz CT molecular complexity index is 663. The molecule has 104 valence electrons. The molecule has 0 aromatic heterocycles.